The maximum atomic E-state index is 9.01. The van der Waals surface area contributed by atoms with Crippen molar-refractivity contribution in [1.82, 2.24) is 4.90 Å². The molecule has 0 amide bonds. The van der Waals surface area contributed by atoms with Gasteiger partial charge in [0, 0.05) is 12.6 Å². The van der Waals surface area contributed by atoms with Gasteiger partial charge in [-0.2, -0.15) is 5.26 Å². The van der Waals surface area contributed by atoms with E-state index >= 15 is 0 Å². The molecule has 1 heterocycles. The lowest BCUT2D eigenvalue weighted by Crippen LogP contribution is -2.28. The Hall–Kier alpha value is -1.33. The molecule has 0 aliphatic carbocycles. The summed E-state index contributed by atoms with van der Waals surface area (Å²) in [6.45, 7) is 6.81. The number of likely N-dealkylation sites (tertiary alicyclic amines) is 1. The van der Waals surface area contributed by atoms with Gasteiger partial charge in [0.1, 0.15) is 0 Å². The second kappa shape index (κ2) is 4.89. The first-order valence-corrected chi connectivity index (χ1v) is 6.28. The van der Waals surface area contributed by atoms with Crippen LogP contribution in [0.25, 0.3) is 0 Å². The molecule has 17 heavy (non-hydrogen) atoms. The third-order valence-corrected chi connectivity index (χ3v) is 3.62. The van der Waals surface area contributed by atoms with Crippen LogP contribution in [0, 0.1) is 16.7 Å². The van der Waals surface area contributed by atoms with Crippen molar-refractivity contribution in [3.8, 4) is 6.07 Å². The van der Waals surface area contributed by atoms with Gasteiger partial charge in [0.05, 0.1) is 12.5 Å². The van der Waals surface area contributed by atoms with Crippen LogP contribution in [-0.4, -0.2) is 18.0 Å². The van der Waals surface area contributed by atoms with E-state index in [0.717, 1.165) is 13.1 Å². The molecule has 1 aromatic rings. The molecule has 1 aliphatic rings. The molecular weight excluding hydrogens is 208 g/mol. The fourth-order valence-electron chi connectivity index (χ4n) is 2.64. The van der Waals surface area contributed by atoms with Crippen molar-refractivity contribution in [2.45, 2.75) is 32.7 Å². The fourth-order valence-corrected chi connectivity index (χ4v) is 2.64. The fraction of sp³-hybridized carbons (Fsp3) is 0.533. The smallest absolute Gasteiger partial charge is 0.0641 e. The molecule has 0 spiro atoms. The van der Waals surface area contributed by atoms with E-state index < -0.39 is 0 Å². The molecule has 0 bridgehead atoms. The minimum absolute atomic E-state index is 0.267. The monoisotopic (exact) mass is 228 g/mol. The molecule has 0 radical (unpaired) electrons. The molecule has 1 atom stereocenters. The Kier molecular flexibility index (Phi) is 3.49. The maximum Gasteiger partial charge on any atom is 0.0641 e. The molecule has 2 nitrogen and oxygen atoms in total. The van der Waals surface area contributed by atoms with E-state index in [2.05, 4.69) is 49.1 Å². The van der Waals surface area contributed by atoms with Gasteiger partial charge in [-0.1, -0.05) is 44.2 Å². The van der Waals surface area contributed by atoms with E-state index in [1.54, 1.807) is 0 Å². The Labute approximate surface area is 104 Å². The first kappa shape index (κ1) is 12.1. The number of nitrogens with zero attached hydrogens (tertiary/aromatic N) is 2. The maximum absolute atomic E-state index is 9.01. The van der Waals surface area contributed by atoms with E-state index in [9.17, 15) is 0 Å². The minimum atomic E-state index is 0.267. The van der Waals surface area contributed by atoms with E-state index in [4.69, 9.17) is 5.26 Å². The van der Waals surface area contributed by atoms with Crippen LogP contribution < -0.4 is 0 Å². The average molecular weight is 228 g/mol. The van der Waals surface area contributed by atoms with Gasteiger partial charge in [0.25, 0.3) is 0 Å². The zero-order valence-corrected chi connectivity index (χ0v) is 10.7. The van der Waals surface area contributed by atoms with Crippen molar-refractivity contribution in [3.63, 3.8) is 0 Å². The topological polar surface area (TPSA) is 27.0 Å². The zero-order chi connectivity index (χ0) is 12.3. The van der Waals surface area contributed by atoms with E-state index in [0.29, 0.717) is 11.8 Å². The van der Waals surface area contributed by atoms with Crippen molar-refractivity contribution < 1.29 is 0 Å². The summed E-state index contributed by atoms with van der Waals surface area (Å²) < 4.78 is 0. The van der Waals surface area contributed by atoms with Crippen molar-refractivity contribution in [2.75, 3.05) is 13.1 Å². The second-order valence-corrected chi connectivity index (χ2v) is 5.67. The van der Waals surface area contributed by atoms with E-state index in [-0.39, 0.29) is 6.04 Å². The Morgan fingerprint density at radius 3 is 2.59 bits per heavy atom. The summed E-state index contributed by atoms with van der Waals surface area (Å²) in [5.41, 5.74) is 1.66. The molecular formula is C15H20N2. The van der Waals surface area contributed by atoms with Crippen LogP contribution in [0.5, 0.6) is 0 Å². The van der Waals surface area contributed by atoms with Crippen LogP contribution in [0.2, 0.25) is 0 Å². The number of nitriles is 1. The number of rotatable bonds is 3. The molecule has 0 aromatic heterocycles. The summed E-state index contributed by atoms with van der Waals surface area (Å²) in [6, 6.07) is 13.0. The van der Waals surface area contributed by atoms with Crippen LogP contribution in [0.3, 0.4) is 0 Å². The molecule has 90 valence electrons. The average Bonchev–Trinajstić information content (AvgIpc) is 2.67. The SMILES string of the molecule is CC1(C)CCN(C(CC#N)c2ccccc2)C1. The Bertz CT molecular complexity index is 403. The van der Waals surface area contributed by atoms with Crippen LogP contribution in [0.15, 0.2) is 30.3 Å². The molecule has 0 N–H and O–H groups in total. The molecule has 0 saturated carbocycles. The third-order valence-electron chi connectivity index (χ3n) is 3.62. The van der Waals surface area contributed by atoms with Gasteiger partial charge in [0.15, 0.2) is 0 Å². The Morgan fingerprint density at radius 2 is 2.06 bits per heavy atom. The highest BCUT2D eigenvalue weighted by Crippen LogP contribution is 2.35. The van der Waals surface area contributed by atoms with E-state index in [1.165, 1.54) is 12.0 Å². The van der Waals surface area contributed by atoms with Crippen molar-refractivity contribution in [2.24, 2.45) is 5.41 Å². The number of benzene rings is 1. The highest BCUT2D eigenvalue weighted by atomic mass is 15.2. The summed E-state index contributed by atoms with van der Waals surface area (Å²) in [7, 11) is 0. The predicted octanol–water partition coefficient (Wildman–Crippen LogP) is 3.37. The summed E-state index contributed by atoms with van der Waals surface area (Å²) >= 11 is 0. The Balaban J connectivity index is 2.17. The van der Waals surface area contributed by atoms with Crippen molar-refractivity contribution >= 4 is 0 Å². The van der Waals surface area contributed by atoms with Crippen LogP contribution in [0.4, 0.5) is 0 Å². The second-order valence-electron chi connectivity index (χ2n) is 5.67. The molecule has 1 unspecified atom stereocenters. The molecule has 2 rings (SSSR count). The summed E-state index contributed by atoms with van der Waals surface area (Å²) in [6.07, 6.45) is 1.81. The predicted molar refractivity (Wildman–Crippen MR) is 69.4 cm³/mol. The van der Waals surface area contributed by atoms with Gasteiger partial charge in [-0.05, 0) is 23.9 Å². The lowest BCUT2D eigenvalue weighted by atomic mass is 9.93. The first-order chi connectivity index (χ1) is 8.12. The largest absolute Gasteiger partial charge is 0.295 e. The van der Waals surface area contributed by atoms with Crippen LogP contribution in [0.1, 0.15) is 38.3 Å². The summed E-state index contributed by atoms with van der Waals surface area (Å²) in [5.74, 6) is 0. The molecule has 1 aromatic carbocycles. The van der Waals surface area contributed by atoms with Gasteiger partial charge >= 0.3 is 0 Å². The lowest BCUT2D eigenvalue weighted by Gasteiger charge is -2.27. The summed E-state index contributed by atoms with van der Waals surface area (Å²) in [5, 5.41) is 9.01. The third kappa shape index (κ3) is 2.87. The van der Waals surface area contributed by atoms with Gasteiger partial charge in [-0.25, -0.2) is 0 Å². The highest BCUT2D eigenvalue weighted by Gasteiger charge is 2.33. The molecule has 1 saturated heterocycles. The minimum Gasteiger partial charge on any atom is -0.295 e. The van der Waals surface area contributed by atoms with Gasteiger partial charge in [-0.3, -0.25) is 4.90 Å². The quantitative estimate of drug-likeness (QED) is 0.793. The standard InChI is InChI=1S/C15H20N2/c1-15(2)9-11-17(12-15)14(8-10-16)13-6-4-3-5-7-13/h3-7,14H,8-9,11-12H2,1-2H3. The highest BCUT2D eigenvalue weighted by molar-refractivity contribution is 5.20. The Morgan fingerprint density at radius 1 is 1.35 bits per heavy atom. The zero-order valence-electron chi connectivity index (χ0n) is 10.7. The number of hydrogen-bond donors (Lipinski definition) is 0. The molecule has 2 heteroatoms. The van der Waals surface area contributed by atoms with Gasteiger partial charge < -0.3 is 0 Å². The van der Waals surface area contributed by atoms with E-state index in [1.807, 2.05) is 6.07 Å². The van der Waals surface area contributed by atoms with Gasteiger partial charge in [0.2, 0.25) is 0 Å². The van der Waals surface area contributed by atoms with Crippen LogP contribution >= 0.6 is 0 Å². The first-order valence-electron chi connectivity index (χ1n) is 6.28. The molecule has 1 fully saturated rings. The van der Waals surface area contributed by atoms with Crippen molar-refractivity contribution in [1.29, 1.82) is 5.26 Å². The van der Waals surface area contributed by atoms with Crippen molar-refractivity contribution in [3.05, 3.63) is 35.9 Å². The van der Waals surface area contributed by atoms with Crippen LogP contribution in [-0.2, 0) is 0 Å². The lowest BCUT2D eigenvalue weighted by molar-refractivity contribution is 0.221. The van der Waals surface area contributed by atoms with Gasteiger partial charge in [-0.15, -0.1) is 0 Å². The normalized spacial score (nSPS) is 21.0. The summed E-state index contributed by atoms with van der Waals surface area (Å²) in [4.78, 5) is 2.46. The molecule has 1 aliphatic heterocycles. The number of hydrogen-bond acceptors (Lipinski definition) is 2.